The van der Waals surface area contributed by atoms with Gasteiger partial charge in [0.2, 0.25) is 0 Å². The lowest BCUT2D eigenvalue weighted by atomic mass is 9.82. The van der Waals surface area contributed by atoms with Gasteiger partial charge in [-0.3, -0.25) is 4.57 Å². The van der Waals surface area contributed by atoms with E-state index in [-0.39, 0.29) is 30.0 Å². The van der Waals surface area contributed by atoms with Crippen LogP contribution in [-0.2, 0) is 23.5 Å². The molecular formula is C25H26F6N4O2. The standard InChI is InChI=1S/C25H26F6N4O2/c1-16(18-9-19(24(26,27)28)11-20(10-18)25(29,30)31)37-14-23(12-17-5-3-2-4-6-17)8-7-21(13-32-23)35-15-33-34-22(35)36/h2-6,9-11,15-16,21,32H,7-8,12-14H2,1H3,(H,34,36)/t16-,21?,23+/m1/s1. The van der Waals surface area contributed by atoms with E-state index in [9.17, 15) is 31.1 Å². The number of hydrogen-bond acceptors (Lipinski definition) is 4. The normalized spacial score (nSPS) is 21.6. The van der Waals surface area contributed by atoms with E-state index in [0.717, 1.165) is 5.56 Å². The van der Waals surface area contributed by atoms with Crippen molar-refractivity contribution in [2.24, 2.45) is 0 Å². The van der Waals surface area contributed by atoms with E-state index in [1.807, 2.05) is 30.3 Å². The van der Waals surface area contributed by atoms with Gasteiger partial charge in [0.25, 0.3) is 0 Å². The predicted octanol–water partition coefficient (Wildman–Crippen LogP) is 5.29. The minimum atomic E-state index is -4.94. The summed E-state index contributed by atoms with van der Waals surface area (Å²) in [7, 11) is 0. The van der Waals surface area contributed by atoms with Crippen LogP contribution < -0.4 is 11.0 Å². The van der Waals surface area contributed by atoms with Gasteiger partial charge in [0, 0.05) is 12.1 Å². The molecule has 4 rings (SSSR count). The van der Waals surface area contributed by atoms with Crippen LogP contribution in [0.25, 0.3) is 0 Å². The molecule has 1 saturated heterocycles. The van der Waals surface area contributed by atoms with Crippen LogP contribution in [0.2, 0.25) is 0 Å². The molecule has 0 bridgehead atoms. The molecule has 3 aromatic rings. The highest BCUT2D eigenvalue weighted by molar-refractivity contribution is 5.34. The molecule has 3 atom stereocenters. The van der Waals surface area contributed by atoms with Crippen molar-refractivity contribution in [3.63, 3.8) is 0 Å². The van der Waals surface area contributed by atoms with Crippen LogP contribution in [0.1, 0.15) is 54.2 Å². The molecule has 2 N–H and O–H groups in total. The molecule has 0 spiro atoms. The zero-order valence-electron chi connectivity index (χ0n) is 19.9. The van der Waals surface area contributed by atoms with E-state index in [2.05, 4.69) is 15.5 Å². The molecule has 200 valence electrons. The Labute approximate surface area is 208 Å². The zero-order chi connectivity index (χ0) is 26.8. The number of ether oxygens (including phenoxy) is 1. The monoisotopic (exact) mass is 528 g/mol. The third-order valence-electron chi connectivity index (χ3n) is 6.71. The lowest BCUT2D eigenvalue weighted by Crippen LogP contribution is -2.56. The summed E-state index contributed by atoms with van der Waals surface area (Å²) in [6, 6.07) is 10.8. The smallest absolute Gasteiger partial charge is 0.372 e. The van der Waals surface area contributed by atoms with Crippen LogP contribution >= 0.6 is 0 Å². The molecule has 0 saturated carbocycles. The number of halogens is 6. The van der Waals surface area contributed by atoms with E-state index >= 15 is 0 Å². The number of hydrogen-bond donors (Lipinski definition) is 2. The van der Waals surface area contributed by atoms with E-state index in [4.69, 9.17) is 4.74 Å². The fraction of sp³-hybridized carbons (Fsp3) is 0.440. The van der Waals surface area contributed by atoms with E-state index in [0.29, 0.717) is 37.9 Å². The number of aromatic nitrogens is 3. The van der Waals surface area contributed by atoms with Gasteiger partial charge in [-0.15, -0.1) is 0 Å². The van der Waals surface area contributed by atoms with Crippen molar-refractivity contribution >= 4 is 0 Å². The summed E-state index contributed by atoms with van der Waals surface area (Å²) in [5, 5.41) is 9.55. The first-order valence-electron chi connectivity index (χ1n) is 11.7. The molecule has 0 radical (unpaired) electrons. The third-order valence-corrected chi connectivity index (χ3v) is 6.71. The molecule has 6 nitrogen and oxygen atoms in total. The first-order valence-corrected chi connectivity index (χ1v) is 11.7. The Balaban J connectivity index is 1.55. The quantitative estimate of drug-likeness (QED) is 0.409. The van der Waals surface area contributed by atoms with Crippen LogP contribution in [0.15, 0.2) is 59.7 Å². The van der Waals surface area contributed by atoms with Crippen LogP contribution in [0.3, 0.4) is 0 Å². The maximum absolute atomic E-state index is 13.3. The van der Waals surface area contributed by atoms with Gasteiger partial charge in [0.05, 0.1) is 29.9 Å². The summed E-state index contributed by atoms with van der Waals surface area (Å²) in [4.78, 5) is 12.0. The number of piperidine rings is 1. The van der Waals surface area contributed by atoms with Crippen LogP contribution in [0.5, 0.6) is 0 Å². The lowest BCUT2D eigenvalue weighted by molar-refractivity contribution is -0.143. The maximum Gasteiger partial charge on any atom is 0.416 e. The molecule has 2 aromatic carbocycles. The van der Waals surface area contributed by atoms with Crippen LogP contribution in [-0.4, -0.2) is 33.5 Å². The van der Waals surface area contributed by atoms with Crippen molar-refractivity contribution in [3.8, 4) is 0 Å². The average molecular weight is 528 g/mol. The maximum atomic E-state index is 13.3. The van der Waals surface area contributed by atoms with Crippen molar-refractivity contribution in [2.75, 3.05) is 13.2 Å². The zero-order valence-corrected chi connectivity index (χ0v) is 19.9. The number of alkyl halides is 6. The average Bonchev–Trinajstić information content (AvgIpc) is 3.28. The summed E-state index contributed by atoms with van der Waals surface area (Å²) >= 11 is 0. The van der Waals surface area contributed by atoms with Gasteiger partial charge < -0.3 is 10.1 Å². The second kappa shape index (κ2) is 10.3. The Morgan fingerprint density at radius 2 is 1.73 bits per heavy atom. The number of nitrogens with one attached hydrogen (secondary N) is 2. The number of benzene rings is 2. The van der Waals surface area contributed by atoms with Crippen LogP contribution in [0, 0.1) is 0 Å². The number of aromatic amines is 1. The van der Waals surface area contributed by atoms with Gasteiger partial charge in [0.15, 0.2) is 0 Å². The van der Waals surface area contributed by atoms with E-state index < -0.39 is 35.1 Å². The Morgan fingerprint density at radius 3 is 2.24 bits per heavy atom. The van der Waals surface area contributed by atoms with Gasteiger partial charge in [0.1, 0.15) is 6.33 Å². The summed E-state index contributed by atoms with van der Waals surface area (Å²) in [5.41, 5.74) is -2.96. The molecule has 1 fully saturated rings. The molecule has 1 aliphatic heterocycles. The summed E-state index contributed by atoms with van der Waals surface area (Å²) in [6.45, 7) is 1.88. The highest BCUT2D eigenvalue weighted by atomic mass is 19.4. The fourth-order valence-electron chi connectivity index (χ4n) is 4.63. The SMILES string of the molecule is C[C@@H](OC[C@@]1(Cc2ccccc2)CCC(n2cn[nH]c2=O)CN1)c1cc(C(F)(F)F)cc(C(F)(F)F)c1. The Morgan fingerprint density at radius 1 is 1.08 bits per heavy atom. The van der Waals surface area contributed by atoms with Gasteiger partial charge in [-0.2, -0.15) is 31.4 Å². The van der Waals surface area contributed by atoms with Crippen molar-refractivity contribution in [3.05, 3.63) is 87.6 Å². The van der Waals surface area contributed by atoms with Crippen molar-refractivity contribution in [1.29, 1.82) is 0 Å². The summed E-state index contributed by atoms with van der Waals surface area (Å²) in [5.74, 6) is 0. The largest absolute Gasteiger partial charge is 0.416 e. The Bertz CT molecular complexity index is 1210. The highest BCUT2D eigenvalue weighted by Crippen LogP contribution is 2.38. The van der Waals surface area contributed by atoms with Gasteiger partial charge in [-0.05, 0) is 55.5 Å². The second-order valence-corrected chi connectivity index (χ2v) is 9.38. The van der Waals surface area contributed by atoms with Crippen molar-refractivity contribution in [1.82, 2.24) is 20.1 Å². The second-order valence-electron chi connectivity index (χ2n) is 9.38. The van der Waals surface area contributed by atoms with E-state index in [1.54, 1.807) is 0 Å². The minimum Gasteiger partial charge on any atom is -0.372 e. The van der Waals surface area contributed by atoms with Crippen molar-refractivity contribution in [2.45, 2.75) is 56.2 Å². The predicted molar refractivity (Wildman–Crippen MR) is 123 cm³/mol. The summed E-state index contributed by atoms with van der Waals surface area (Å²) < 4.78 is 87.3. The topological polar surface area (TPSA) is 71.9 Å². The highest BCUT2D eigenvalue weighted by Gasteiger charge is 2.39. The molecule has 2 heterocycles. The number of rotatable bonds is 7. The van der Waals surface area contributed by atoms with Gasteiger partial charge in [-0.1, -0.05) is 30.3 Å². The van der Waals surface area contributed by atoms with Gasteiger partial charge >= 0.3 is 18.0 Å². The molecule has 0 aliphatic carbocycles. The Kier molecular flexibility index (Phi) is 7.52. The molecule has 1 aromatic heterocycles. The Hall–Kier alpha value is -3.12. The first kappa shape index (κ1) is 26.9. The molecule has 1 aliphatic rings. The molecule has 1 unspecified atom stereocenters. The molecule has 12 heteroatoms. The number of nitrogens with zero attached hydrogens (tertiary/aromatic N) is 2. The van der Waals surface area contributed by atoms with Crippen molar-refractivity contribution < 1.29 is 31.1 Å². The third kappa shape index (κ3) is 6.42. The molecular weight excluding hydrogens is 502 g/mol. The lowest BCUT2D eigenvalue weighted by Gasteiger charge is -2.42. The number of H-pyrrole nitrogens is 1. The minimum absolute atomic E-state index is 0.0354. The fourth-order valence-corrected chi connectivity index (χ4v) is 4.63. The van der Waals surface area contributed by atoms with E-state index in [1.165, 1.54) is 17.8 Å². The summed E-state index contributed by atoms with van der Waals surface area (Å²) in [6.07, 6.45) is -7.82. The first-order chi connectivity index (χ1) is 17.4. The molecule has 0 amide bonds. The van der Waals surface area contributed by atoms with Crippen LogP contribution in [0.4, 0.5) is 26.3 Å². The molecule has 37 heavy (non-hydrogen) atoms. The van der Waals surface area contributed by atoms with Gasteiger partial charge in [-0.25, -0.2) is 9.89 Å².